The summed E-state index contributed by atoms with van der Waals surface area (Å²) in [7, 11) is 0. The van der Waals surface area contributed by atoms with Gasteiger partial charge in [-0.25, -0.2) is 18.7 Å². The molecule has 53 heavy (non-hydrogen) atoms. The summed E-state index contributed by atoms with van der Waals surface area (Å²) in [6.07, 6.45) is -4.08. The second-order valence-corrected chi connectivity index (χ2v) is 13.6. The Labute approximate surface area is 301 Å². The maximum atomic E-state index is 14.4. The van der Waals surface area contributed by atoms with Gasteiger partial charge < -0.3 is 19.9 Å². The first-order valence-corrected chi connectivity index (χ1v) is 16.7. The zero-order chi connectivity index (χ0) is 38.0. The summed E-state index contributed by atoms with van der Waals surface area (Å²) in [5.74, 6) is -2.01. The quantitative estimate of drug-likeness (QED) is 0.208. The number of hydrogen-bond acceptors (Lipinski definition) is 9. The maximum Gasteiger partial charge on any atom is 0.416 e. The molecule has 5 aromatic rings. The lowest BCUT2D eigenvalue weighted by Gasteiger charge is -2.39. The number of piperidine rings is 1. The first-order valence-electron chi connectivity index (χ1n) is 16.3. The van der Waals surface area contributed by atoms with Gasteiger partial charge in [-0.2, -0.15) is 22.7 Å². The monoisotopic (exact) mass is 757 g/mol. The van der Waals surface area contributed by atoms with Gasteiger partial charge in [0.05, 0.1) is 22.0 Å². The molecule has 276 valence electrons. The molecule has 13 nitrogen and oxygen atoms in total. The third kappa shape index (κ3) is 6.34. The van der Waals surface area contributed by atoms with Gasteiger partial charge in [0.2, 0.25) is 11.7 Å². The van der Waals surface area contributed by atoms with Gasteiger partial charge in [-0.05, 0) is 62.4 Å². The predicted molar refractivity (Wildman–Crippen MR) is 179 cm³/mol. The highest BCUT2D eigenvalue weighted by atomic mass is 35.5. The third-order valence-corrected chi connectivity index (χ3v) is 10.1. The molecule has 2 aliphatic rings. The fourth-order valence-electron chi connectivity index (χ4n) is 7.34. The fourth-order valence-corrected chi connectivity index (χ4v) is 7.57. The molecule has 1 aliphatic carbocycles. The lowest BCUT2D eigenvalue weighted by molar-refractivity contribution is -0.137. The minimum absolute atomic E-state index is 0.0704. The standard InChI is InChI=1S/C34H29ClF5N9O4/c1-16-13-33(6-9-47(10-7-33)31(53)25-27(51)17(2)42-15-43-25)24-26(16)48(14-23(50)44-21-4-3-19(12-20(21)35)34(38,39)40)32-45-29(46-49(32)30(24)52)18-5-8-41-22(11-18)28(36)37/h3-5,8,11-12,15-16,28,51H,6-7,9-10,13-14H2,1-2H3,(H,44,50). The van der Waals surface area contributed by atoms with E-state index in [0.29, 0.717) is 36.6 Å². The Morgan fingerprint density at radius 1 is 1.11 bits per heavy atom. The van der Waals surface area contributed by atoms with E-state index in [1.165, 1.54) is 21.9 Å². The summed E-state index contributed by atoms with van der Waals surface area (Å²) >= 11 is 6.11. The zero-order valence-electron chi connectivity index (χ0n) is 28.0. The predicted octanol–water partition coefficient (Wildman–Crippen LogP) is 5.69. The number of carbonyl (C=O) groups excluding carboxylic acids is 2. The van der Waals surface area contributed by atoms with E-state index in [9.17, 15) is 41.4 Å². The van der Waals surface area contributed by atoms with Crippen LogP contribution in [0.25, 0.3) is 17.2 Å². The first kappa shape index (κ1) is 35.9. The highest BCUT2D eigenvalue weighted by Crippen LogP contribution is 2.50. The minimum Gasteiger partial charge on any atom is -0.504 e. The van der Waals surface area contributed by atoms with Crippen molar-refractivity contribution in [2.75, 3.05) is 18.4 Å². The van der Waals surface area contributed by atoms with Gasteiger partial charge in [0, 0.05) is 41.5 Å². The smallest absolute Gasteiger partial charge is 0.416 e. The summed E-state index contributed by atoms with van der Waals surface area (Å²) in [6, 6.07) is 4.99. The summed E-state index contributed by atoms with van der Waals surface area (Å²) in [6.45, 7) is 3.35. The Morgan fingerprint density at radius 2 is 1.85 bits per heavy atom. The molecule has 0 bridgehead atoms. The average molecular weight is 758 g/mol. The van der Waals surface area contributed by atoms with E-state index in [1.807, 2.05) is 6.92 Å². The van der Waals surface area contributed by atoms with E-state index >= 15 is 0 Å². The number of aromatic hydroxyl groups is 1. The number of amides is 2. The number of hydrogen-bond donors (Lipinski definition) is 2. The van der Waals surface area contributed by atoms with E-state index in [4.69, 9.17) is 11.6 Å². The van der Waals surface area contributed by atoms with Crippen LogP contribution < -0.4 is 10.9 Å². The van der Waals surface area contributed by atoms with Crippen molar-refractivity contribution in [1.29, 1.82) is 0 Å². The molecule has 5 heterocycles. The van der Waals surface area contributed by atoms with Gasteiger partial charge in [-0.15, -0.1) is 5.10 Å². The van der Waals surface area contributed by atoms with Crippen LogP contribution in [0.4, 0.5) is 27.6 Å². The van der Waals surface area contributed by atoms with Gasteiger partial charge >= 0.3 is 6.18 Å². The van der Waals surface area contributed by atoms with Crippen molar-refractivity contribution in [3.8, 4) is 17.1 Å². The highest BCUT2D eigenvalue weighted by molar-refractivity contribution is 6.33. The van der Waals surface area contributed by atoms with Crippen molar-refractivity contribution >= 4 is 34.9 Å². The molecule has 0 saturated carbocycles. The number of aromatic nitrogens is 7. The summed E-state index contributed by atoms with van der Waals surface area (Å²) in [4.78, 5) is 59.0. The number of carbonyl (C=O) groups is 2. The summed E-state index contributed by atoms with van der Waals surface area (Å²) < 4.78 is 69.3. The zero-order valence-corrected chi connectivity index (χ0v) is 28.7. The topological polar surface area (TPSA) is 160 Å². The van der Waals surface area contributed by atoms with Crippen LogP contribution in [0.3, 0.4) is 0 Å². The van der Waals surface area contributed by atoms with Crippen LogP contribution in [0.15, 0.2) is 47.7 Å². The van der Waals surface area contributed by atoms with Crippen LogP contribution >= 0.6 is 11.6 Å². The van der Waals surface area contributed by atoms with E-state index < -0.39 is 53.2 Å². The molecule has 1 spiro atoms. The molecular weight excluding hydrogens is 729 g/mol. The number of fused-ring (bicyclic) bond motifs is 3. The molecule has 1 fully saturated rings. The van der Waals surface area contributed by atoms with Gasteiger partial charge in [0.15, 0.2) is 17.3 Å². The third-order valence-electron chi connectivity index (χ3n) is 9.83. The summed E-state index contributed by atoms with van der Waals surface area (Å²) in [5, 5.41) is 17.0. The number of rotatable bonds is 6. The Morgan fingerprint density at radius 3 is 2.53 bits per heavy atom. The number of anilines is 1. The molecule has 1 aromatic carbocycles. The number of alkyl halides is 5. The molecule has 19 heteroatoms. The van der Waals surface area contributed by atoms with Gasteiger partial charge in [0.1, 0.15) is 18.6 Å². The minimum atomic E-state index is -4.66. The molecule has 2 N–H and O–H groups in total. The second kappa shape index (κ2) is 13.2. The molecule has 1 atom stereocenters. The van der Waals surface area contributed by atoms with E-state index in [-0.39, 0.29) is 64.0 Å². The maximum absolute atomic E-state index is 14.4. The van der Waals surface area contributed by atoms with E-state index in [1.54, 1.807) is 6.92 Å². The van der Waals surface area contributed by atoms with Crippen molar-refractivity contribution in [1.82, 2.24) is 39.0 Å². The number of nitrogens with one attached hydrogen (secondary N) is 1. The van der Waals surface area contributed by atoms with Crippen LogP contribution in [-0.2, 0) is 22.9 Å². The Balaban J connectivity index is 1.29. The highest BCUT2D eigenvalue weighted by Gasteiger charge is 2.49. The molecule has 0 radical (unpaired) electrons. The van der Waals surface area contributed by atoms with Crippen LogP contribution in [-0.4, -0.2) is 69.0 Å². The van der Waals surface area contributed by atoms with E-state index in [2.05, 4.69) is 30.4 Å². The van der Waals surface area contributed by atoms with Crippen LogP contribution in [0.1, 0.15) is 77.2 Å². The molecule has 1 aliphatic heterocycles. The number of aryl methyl sites for hydroxylation is 1. The second-order valence-electron chi connectivity index (χ2n) is 13.1. The molecule has 4 aromatic heterocycles. The molecular formula is C34H29ClF5N9O4. The van der Waals surface area contributed by atoms with Crippen molar-refractivity contribution in [3.05, 3.63) is 92.1 Å². The van der Waals surface area contributed by atoms with Crippen LogP contribution in [0.2, 0.25) is 5.02 Å². The van der Waals surface area contributed by atoms with Crippen molar-refractivity contribution in [3.63, 3.8) is 0 Å². The number of nitrogens with zero attached hydrogens (tertiary/aromatic N) is 8. The molecule has 1 unspecified atom stereocenters. The lowest BCUT2D eigenvalue weighted by Crippen LogP contribution is -2.46. The van der Waals surface area contributed by atoms with Gasteiger partial charge in [-0.3, -0.25) is 19.4 Å². The Kier molecular flexibility index (Phi) is 8.90. The number of halogens is 6. The van der Waals surface area contributed by atoms with Crippen molar-refractivity contribution in [2.45, 2.75) is 63.6 Å². The van der Waals surface area contributed by atoms with Crippen molar-refractivity contribution in [2.24, 2.45) is 0 Å². The van der Waals surface area contributed by atoms with Crippen LogP contribution in [0, 0.1) is 6.92 Å². The number of likely N-dealkylation sites (tertiary alicyclic amines) is 1. The van der Waals surface area contributed by atoms with E-state index in [0.717, 1.165) is 28.9 Å². The molecule has 7 rings (SSSR count). The fraction of sp³-hybridized carbons (Fsp3) is 0.353. The SMILES string of the molecule is Cc1ncnc(C(=O)N2CCC3(CC2)CC(C)c2c3c(=O)n3nc(-c4ccnc(C(F)F)c4)nc3n2CC(=O)Nc2ccc(C(F)(F)F)cc2Cl)c1O. The average Bonchev–Trinajstić information content (AvgIpc) is 3.68. The number of benzene rings is 1. The largest absolute Gasteiger partial charge is 0.504 e. The first-order chi connectivity index (χ1) is 25.1. The van der Waals surface area contributed by atoms with Gasteiger partial charge in [0.25, 0.3) is 17.9 Å². The van der Waals surface area contributed by atoms with Crippen LogP contribution in [0.5, 0.6) is 5.75 Å². The normalized spacial score (nSPS) is 16.8. The summed E-state index contributed by atoms with van der Waals surface area (Å²) in [5.41, 5.74) is -1.86. The molecule has 2 amide bonds. The lowest BCUT2D eigenvalue weighted by atomic mass is 9.73. The Bertz CT molecular complexity index is 2360. The Hall–Kier alpha value is -5.52. The molecule has 1 saturated heterocycles. The van der Waals surface area contributed by atoms with Gasteiger partial charge in [-0.1, -0.05) is 18.5 Å². The number of pyridine rings is 1. The van der Waals surface area contributed by atoms with Crippen molar-refractivity contribution < 1.29 is 36.6 Å².